The summed E-state index contributed by atoms with van der Waals surface area (Å²) in [4.78, 5) is 12.1. The molecule has 18 heavy (non-hydrogen) atoms. The molecule has 0 radical (unpaired) electrons. The van der Waals surface area contributed by atoms with Crippen molar-refractivity contribution in [1.29, 1.82) is 0 Å². The summed E-state index contributed by atoms with van der Waals surface area (Å²) in [5.74, 6) is 0.580. The van der Waals surface area contributed by atoms with Crippen LogP contribution in [0.3, 0.4) is 0 Å². The van der Waals surface area contributed by atoms with Crippen molar-refractivity contribution in [2.75, 3.05) is 13.1 Å². The third-order valence-electron chi connectivity index (χ3n) is 3.51. The van der Waals surface area contributed by atoms with E-state index < -0.39 is 0 Å². The molecule has 1 aromatic carbocycles. The number of rotatable bonds is 3. The molecule has 98 valence electrons. The molecule has 0 saturated carbocycles. The lowest BCUT2D eigenvalue weighted by atomic mass is 9.92. The predicted molar refractivity (Wildman–Crippen MR) is 81.7 cm³/mol. The van der Waals surface area contributed by atoms with Crippen LogP contribution in [-0.4, -0.2) is 25.0 Å². The van der Waals surface area contributed by atoms with Gasteiger partial charge in [-0.25, -0.2) is 0 Å². The summed E-state index contributed by atoms with van der Waals surface area (Å²) in [7, 11) is 0. The summed E-state index contributed by atoms with van der Waals surface area (Å²) in [5.41, 5.74) is 0.742. The minimum atomic E-state index is 0.0319. The van der Waals surface area contributed by atoms with E-state index in [0.717, 1.165) is 22.2 Å². The van der Waals surface area contributed by atoms with E-state index >= 15 is 0 Å². The Balaban J connectivity index is 1.91. The molecule has 2 rings (SSSR count). The van der Waals surface area contributed by atoms with Crippen molar-refractivity contribution >= 4 is 28.5 Å². The number of carbonyl (C=O) groups is 1. The van der Waals surface area contributed by atoms with E-state index in [1.54, 1.807) is 0 Å². The molecule has 2 unspecified atom stereocenters. The first-order valence-electron chi connectivity index (χ1n) is 6.44. The summed E-state index contributed by atoms with van der Waals surface area (Å²) in [6.45, 7) is 4.21. The maximum absolute atomic E-state index is 12.1. The number of amides is 1. The Kier molecular flexibility index (Phi) is 5.00. The first-order chi connectivity index (χ1) is 8.66. The van der Waals surface area contributed by atoms with Crippen LogP contribution in [-0.2, 0) is 0 Å². The fourth-order valence-electron chi connectivity index (χ4n) is 2.31. The molecule has 2 N–H and O–H groups in total. The summed E-state index contributed by atoms with van der Waals surface area (Å²) < 4.78 is 1.15. The second-order valence-electron chi connectivity index (χ2n) is 4.88. The van der Waals surface area contributed by atoms with Gasteiger partial charge in [-0.2, -0.15) is 0 Å². The monoisotopic (exact) mass is 358 g/mol. The Morgan fingerprint density at radius 2 is 2.17 bits per heavy atom. The average Bonchev–Trinajstić information content (AvgIpc) is 2.40. The highest BCUT2D eigenvalue weighted by Gasteiger charge is 2.21. The Hall–Kier alpha value is -0.620. The van der Waals surface area contributed by atoms with Crippen LogP contribution < -0.4 is 10.6 Å². The molecule has 0 aliphatic carbocycles. The van der Waals surface area contributed by atoms with Crippen LogP contribution in [0.1, 0.15) is 30.1 Å². The largest absolute Gasteiger partial charge is 0.349 e. The average molecular weight is 358 g/mol. The number of benzene rings is 1. The van der Waals surface area contributed by atoms with Crippen LogP contribution >= 0.6 is 22.6 Å². The van der Waals surface area contributed by atoms with Gasteiger partial charge in [-0.3, -0.25) is 4.79 Å². The van der Waals surface area contributed by atoms with Gasteiger partial charge in [0.1, 0.15) is 0 Å². The summed E-state index contributed by atoms with van der Waals surface area (Å²) in [5, 5.41) is 6.49. The van der Waals surface area contributed by atoms with Gasteiger partial charge >= 0.3 is 0 Å². The Bertz CT molecular complexity index is 399. The molecule has 3 nitrogen and oxygen atoms in total. The molecule has 4 heteroatoms. The first kappa shape index (κ1) is 13.8. The van der Waals surface area contributed by atoms with Crippen molar-refractivity contribution in [2.24, 2.45) is 5.92 Å². The van der Waals surface area contributed by atoms with Crippen LogP contribution in [0.25, 0.3) is 0 Å². The zero-order valence-electron chi connectivity index (χ0n) is 10.6. The van der Waals surface area contributed by atoms with Crippen LogP contribution in [0.4, 0.5) is 0 Å². The molecule has 1 fully saturated rings. The highest BCUT2D eigenvalue weighted by molar-refractivity contribution is 14.1. The van der Waals surface area contributed by atoms with E-state index in [9.17, 15) is 4.79 Å². The van der Waals surface area contributed by atoms with Crippen LogP contribution in [0.15, 0.2) is 24.3 Å². The van der Waals surface area contributed by atoms with Crippen molar-refractivity contribution < 1.29 is 4.79 Å². The number of piperidine rings is 1. The van der Waals surface area contributed by atoms with Crippen molar-refractivity contribution in [3.05, 3.63) is 33.4 Å². The molecule has 2 atom stereocenters. The highest BCUT2D eigenvalue weighted by atomic mass is 127. The van der Waals surface area contributed by atoms with E-state index in [1.807, 2.05) is 24.3 Å². The van der Waals surface area contributed by atoms with E-state index in [0.29, 0.717) is 5.92 Å². The zero-order chi connectivity index (χ0) is 13.0. The van der Waals surface area contributed by atoms with Crippen molar-refractivity contribution in [2.45, 2.75) is 25.8 Å². The lowest BCUT2D eigenvalue weighted by molar-refractivity contribution is 0.0922. The molecule has 0 spiro atoms. The van der Waals surface area contributed by atoms with Gasteiger partial charge in [-0.15, -0.1) is 0 Å². The Morgan fingerprint density at radius 3 is 2.78 bits per heavy atom. The maximum Gasteiger partial charge on any atom is 0.251 e. The van der Waals surface area contributed by atoms with Gasteiger partial charge in [0.25, 0.3) is 5.91 Å². The number of halogens is 1. The lowest BCUT2D eigenvalue weighted by Crippen LogP contribution is -2.44. The van der Waals surface area contributed by atoms with E-state index in [4.69, 9.17) is 0 Å². The van der Waals surface area contributed by atoms with Crippen LogP contribution in [0.5, 0.6) is 0 Å². The van der Waals surface area contributed by atoms with Gasteiger partial charge in [0.15, 0.2) is 0 Å². The topological polar surface area (TPSA) is 41.1 Å². The fraction of sp³-hybridized carbons (Fsp3) is 0.500. The van der Waals surface area contributed by atoms with Gasteiger partial charge < -0.3 is 10.6 Å². The van der Waals surface area contributed by atoms with Crippen LogP contribution in [0.2, 0.25) is 0 Å². The Labute approximate surface area is 122 Å². The smallest absolute Gasteiger partial charge is 0.251 e. The molecular formula is C14H19IN2O. The Morgan fingerprint density at radius 1 is 1.44 bits per heavy atom. The van der Waals surface area contributed by atoms with Gasteiger partial charge in [-0.05, 0) is 85.6 Å². The molecule has 1 saturated heterocycles. The number of nitrogens with one attached hydrogen (secondary N) is 2. The van der Waals surface area contributed by atoms with Gasteiger partial charge in [-0.1, -0.05) is 0 Å². The van der Waals surface area contributed by atoms with Crippen molar-refractivity contribution in [3.8, 4) is 0 Å². The van der Waals surface area contributed by atoms with Crippen molar-refractivity contribution in [3.63, 3.8) is 0 Å². The SMILES string of the molecule is CC(NC(=O)c1ccc(I)cc1)C1CCCNC1. The van der Waals surface area contributed by atoms with Gasteiger partial charge in [0.05, 0.1) is 0 Å². The lowest BCUT2D eigenvalue weighted by Gasteiger charge is -2.28. The van der Waals surface area contributed by atoms with Gasteiger partial charge in [0.2, 0.25) is 0 Å². The van der Waals surface area contributed by atoms with E-state index in [2.05, 4.69) is 40.1 Å². The zero-order valence-corrected chi connectivity index (χ0v) is 12.7. The highest BCUT2D eigenvalue weighted by Crippen LogP contribution is 2.15. The quantitative estimate of drug-likeness (QED) is 0.815. The third kappa shape index (κ3) is 3.68. The van der Waals surface area contributed by atoms with E-state index in [1.165, 1.54) is 12.8 Å². The van der Waals surface area contributed by atoms with Crippen LogP contribution in [0, 0.1) is 9.49 Å². The standard InChI is InChI=1S/C14H19IN2O/c1-10(12-3-2-8-16-9-12)17-14(18)11-4-6-13(15)7-5-11/h4-7,10,12,16H,2-3,8-9H2,1H3,(H,17,18). The minimum absolute atomic E-state index is 0.0319. The second-order valence-corrected chi connectivity index (χ2v) is 6.12. The summed E-state index contributed by atoms with van der Waals surface area (Å²) in [6.07, 6.45) is 2.40. The molecule has 1 aliphatic heterocycles. The normalized spacial score (nSPS) is 21.3. The summed E-state index contributed by atoms with van der Waals surface area (Å²) >= 11 is 2.24. The molecule has 1 aromatic rings. The predicted octanol–water partition coefficient (Wildman–Crippen LogP) is 2.41. The minimum Gasteiger partial charge on any atom is -0.349 e. The molecule has 1 amide bonds. The molecular weight excluding hydrogens is 339 g/mol. The number of hydrogen-bond acceptors (Lipinski definition) is 2. The fourth-order valence-corrected chi connectivity index (χ4v) is 2.67. The number of carbonyl (C=O) groups excluding carboxylic acids is 1. The second kappa shape index (κ2) is 6.52. The van der Waals surface area contributed by atoms with E-state index in [-0.39, 0.29) is 11.9 Å². The third-order valence-corrected chi connectivity index (χ3v) is 4.23. The summed E-state index contributed by atoms with van der Waals surface area (Å²) in [6, 6.07) is 7.90. The molecule has 0 bridgehead atoms. The molecule has 0 aromatic heterocycles. The molecule has 1 aliphatic rings. The maximum atomic E-state index is 12.1. The van der Waals surface area contributed by atoms with Gasteiger partial charge in [0, 0.05) is 15.2 Å². The number of hydrogen-bond donors (Lipinski definition) is 2. The van der Waals surface area contributed by atoms with Crippen molar-refractivity contribution in [1.82, 2.24) is 10.6 Å². The first-order valence-corrected chi connectivity index (χ1v) is 7.52. The molecule has 1 heterocycles.